The van der Waals surface area contributed by atoms with Crippen molar-refractivity contribution in [3.05, 3.63) is 76.6 Å². The number of carbonyl (C=O) groups is 3. The van der Waals surface area contributed by atoms with Gasteiger partial charge in [0.2, 0.25) is 0 Å². The largest absolute Gasteiger partial charge is 0.481 e. The Morgan fingerprint density at radius 3 is 2.43 bits per heavy atom. The second-order valence-electron chi connectivity index (χ2n) is 12.8. The van der Waals surface area contributed by atoms with Gasteiger partial charge in [0.1, 0.15) is 11.4 Å². The van der Waals surface area contributed by atoms with E-state index in [9.17, 15) is 14.4 Å². The van der Waals surface area contributed by atoms with E-state index in [1.54, 1.807) is 30.6 Å². The lowest BCUT2D eigenvalue weighted by molar-refractivity contribution is -0.137. The van der Waals surface area contributed by atoms with E-state index in [1.807, 2.05) is 17.0 Å². The number of carboxylic acids is 1. The van der Waals surface area contributed by atoms with Crippen LogP contribution in [0.2, 0.25) is 5.02 Å². The van der Waals surface area contributed by atoms with E-state index in [2.05, 4.69) is 44.6 Å². The number of nitrogens with one attached hydrogen (secondary N) is 1. The van der Waals surface area contributed by atoms with E-state index >= 15 is 0 Å². The summed E-state index contributed by atoms with van der Waals surface area (Å²) in [5, 5.41) is 12.0. The van der Waals surface area contributed by atoms with Crippen molar-refractivity contribution in [2.75, 3.05) is 6.54 Å². The predicted octanol–water partition coefficient (Wildman–Crippen LogP) is 6.60. The van der Waals surface area contributed by atoms with Gasteiger partial charge in [0.05, 0.1) is 17.5 Å². The maximum absolute atomic E-state index is 14.4. The molecule has 2 heterocycles. The second-order valence-corrected chi connectivity index (χ2v) is 13.2. The molecule has 2 aromatic rings. The zero-order valence-corrected chi connectivity index (χ0v) is 25.7. The van der Waals surface area contributed by atoms with Crippen molar-refractivity contribution in [2.45, 2.75) is 84.3 Å². The Morgan fingerprint density at radius 1 is 1.19 bits per heavy atom. The maximum Gasteiger partial charge on any atom is 0.305 e. The van der Waals surface area contributed by atoms with Crippen LogP contribution in [0.15, 0.2) is 59.9 Å². The van der Waals surface area contributed by atoms with Crippen LogP contribution in [0.25, 0.3) is 0 Å². The Balaban J connectivity index is 1.72. The number of hydrogen-bond acceptors (Lipinski definition) is 5. The molecule has 42 heavy (non-hydrogen) atoms. The Labute approximate surface area is 253 Å². The molecule has 1 atom stereocenters. The summed E-state index contributed by atoms with van der Waals surface area (Å²) >= 11 is 6.27. The monoisotopic (exact) mass is 592 g/mol. The van der Waals surface area contributed by atoms with Crippen LogP contribution in [0.1, 0.15) is 100 Å². The fourth-order valence-electron chi connectivity index (χ4n) is 5.96. The number of carbonyl (C=O) groups excluding carboxylic acids is 2. The van der Waals surface area contributed by atoms with Crippen LogP contribution in [-0.4, -0.2) is 50.7 Å². The summed E-state index contributed by atoms with van der Waals surface area (Å²) in [7, 11) is 0. The first-order valence-electron chi connectivity index (χ1n) is 14.6. The smallest absolute Gasteiger partial charge is 0.305 e. The fraction of sp³-hybridized carbons (Fsp3) is 0.485. The highest BCUT2D eigenvalue weighted by Gasteiger charge is 2.52. The molecule has 2 N–H and O–H groups in total. The average Bonchev–Trinajstić information content (AvgIpc) is 3.20. The van der Waals surface area contributed by atoms with Gasteiger partial charge in [-0.05, 0) is 80.5 Å². The van der Waals surface area contributed by atoms with Crippen molar-refractivity contribution in [1.82, 2.24) is 15.2 Å². The first-order valence-corrected chi connectivity index (χ1v) is 15.0. The van der Waals surface area contributed by atoms with Crippen LogP contribution in [0, 0.1) is 11.3 Å². The maximum atomic E-state index is 14.4. The van der Waals surface area contributed by atoms with Crippen molar-refractivity contribution in [2.24, 2.45) is 16.3 Å². The SMILES string of the molecule is C=C(C)C1CCC2(CC1)N=C(c1cncc(Cl)c1)C(=O)N2[C@H](CCC(C)(C)C)c1ccc(C(=O)NCCC(=O)O)cc1. The first kappa shape index (κ1) is 31.4. The third-order valence-electron chi connectivity index (χ3n) is 8.31. The third-order valence-corrected chi connectivity index (χ3v) is 8.52. The first-order chi connectivity index (χ1) is 19.8. The summed E-state index contributed by atoms with van der Waals surface area (Å²) in [5.41, 5.74) is 2.85. The zero-order valence-electron chi connectivity index (χ0n) is 25.0. The molecule has 8 nitrogen and oxygen atoms in total. The average molecular weight is 593 g/mol. The Morgan fingerprint density at radius 2 is 1.86 bits per heavy atom. The van der Waals surface area contributed by atoms with Crippen LogP contribution in [-0.2, 0) is 9.59 Å². The van der Waals surface area contributed by atoms with Gasteiger partial charge in [0.25, 0.3) is 11.8 Å². The van der Waals surface area contributed by atoms with Gasteiger partial charge in [-0.3, -0.25) is 24.4 Å². The lowest BCUT2D eigenvalue weighted by Gasteiger charge is -2.46. The number of aliphatic imine (C=N–C) groups is 1. The van der Waals surface area contributed by atoms with Gasteiger partial charge >= 0.3 is 5.97 Å². The molecule has 1 fully saturated rings. The molecule has 0 radical (unpaired) electrons. The molecule has 4 rings (SSSR count). The molecule has 1 spiro atoms. The molecule has 0 unspecified atom stereocenters. The highest BCUT2D eigenvalue weighted by molar-refractivity contribution is 6.47. The number of allylic oxidation sites excluding steroid dienone is 1. The van der Waals surface area contributed by atoms with Crippen molar-refractivity contribution >= 4 is 35.1 Å². The molecular weight excluding hydrogens is 552 g/mol. The van der Waals surface area contributed by atoms with Crippen molar-refractivity contribution in [1.29, 1.82) is 0 Å². The van der Waals surface area contributed by atoms with Crippen LogP contribution in [0.3, 0.4) is 0 Å². The van der Waals surface area contributed by atoms with Gasteiger partial charge in [-0.1, -0.05) is 56.7 Å². The number of aromatic nitrogens is 1. The summed E-state index contributed by atoms with van der Waals surface area (Å²) in [4.78, 5) is 49.2. The molecule has 0 bridgehead atoms. The van der Waals surface area contributed by atoms with Crippen molar-refractivity contribution in [3.63, 3.8) is 0 Å². The topological polar surface area (TPSA) is 112 Å². The summed E-state index contributed by atoms with van der Waals surface area (Å²) in [6.07, 6.45) is 7.88. The number of rotatable bonds is 10. The molecule has 9 heteroatoms. The second kappa shape index (κ2) is 12.8. The summed E-state index contributed by atoms with van der Waals surface area (Å²) < 4.78 is 0. The molecule has 2 aliphatic rings. The molecule has 2 amide bonds. The molecular formula is C33H41ClN4O4. The summed E-state index contributed by atoms with van der Waals surface area (Å²) in [6, 6.07) is 8.75. The van der Waals surface area contributed by atoms with Crippen LogP contribution in [0.5, 0.6) is 0 Å². The molecule has 0 saturated heterocycles. The van der Waals surface area contributed by atoms with Gasteiger partial charge < -0.3 is 15.3 Å². The number of amides is 2. The quantitative estimate of drug-likeness (QED) is 0.302. The highest BCUT2D eigenvalue weighted by Crippen LogP contribution is 2.48. The summed E-state index contributed by atoms with van der Waals surface area (Å²) in [6.45, 7) is 12.9. The van der Waals surface area contributed by atoms with E-state index in [4.69, 9.17) is 21.7 Å². The van der Waals surface area contributed by atoms with Gasteiger partial charge in [-0.25, -0.2) is 0 Å². The number of aliphatic carboxylic acids is 1. The number of hydrogen-bond donors (Lipinski definition) is 2. The molecule has 1 aromatic carbocycles. The van der Waals surface area contributed by atoms with Crippen molar-refractivity contribution < 1.29 is 19.5 Å². The van der Waals surface area contributed by atoms with E-state index in [1.165, 1.54) is 0 Å². The van der Waals surface area contributed by atoms with Crippen LogP contribution < -0.4 is 5.32 Å². The lowest BCUT2D eigenvalue weighted by atomic mass is 9.77. The van der Waals surface area contributed by atoms with E-state index in [-0.39, 0.29) is 36.2 Å². The van der Waals surface area contributed by atoms with Crippen LogP contribution >= 0.6 is 11.6 Å². The standard InChI is InChI=1S/C33H41ClN4O4/c1-21(2)22-10-15-33(16-11-22)37-29(25-18-26(34)20-35-19-25)31(42)38(33)27(12-14-32(3,4)5)23-6-8-24(9-7-23)30(41)36-17-13-28(39)40/h6-9,18-20,22,27H,1,10-17H2,2-5H3,(H,36,41)(H,39,40)/t22?,27-,33?/m1/s1. The highest BCUT2D eigenvalue weighted by atomic mass is 35.5. The van der Waals surface area contributed by atoms with Crippen molar-refractivity contribution in [3.8, 4) is 0 Å². The lowest BCUT2D eigenvalue weighted by Crippen LogP contribution is -2.51. The summed E-state index contributed by atoms with van der Waals surface area (Å²) in [5.74, 6) is -1.04. The number of benzene rings is 1. The van der Waals surface area contributed by atoms with E-state index < -0.39 is 11.6 Å². The number of carboxylic acid groups (broad SMARTS) is 1. The van der Waals surface area contributed by atoms with E-state index in [0.29, 0.717) is 27.8 Å². The Hall–Kier alpha value is -3.52. The zero-order chi connectivity index (χ0) is 30.7. The van der Waals surface area contributed by atoms with Gasteiger partial charge in [0.15, 0.2) is 0 Å². The Kier molecular flexibility index (Phi) is 9.56. The third kappa shape index (κ3) is 7.27. The normalized spacial score (nSPS) is 21.3. The number of halogens is 1. The molecule has 224 valence electrons. The molecule has 1 aliphatic carbocycles. The Bertz CT molecular complexity index is 1370. The van der Waals surface area contributed by atoms with Gasteiger partial charge in [-0.2, -0.15) is 0 Å². The minimum atomic E-state index is -0.969. The molecule has 1 aliphatic heterocycles. The predicted molar refractivity (Wildman–Crippen MR) is 165 cm³/mol. The minimum Gasteiger partial charge on any atom is -0.481 e. The molecule has 1 aromatic heterocycles. The van der Waals surface area contributed by atoms with Crippen LogP contribution in [0.4, 0.5) is 0 Å². The van der Waals surface area contributed by atoms with Gasteiger partial charge in [0, 0.05) is 30.1 Å². The number of nitrogens with zero attached hydrogens (tertiary/aromatic N) is 3. The van der Waals surface area contributed by atoms with E-state index in [0.717, 1.165) is 49.7 Å². The van der Waals surface area contributed by atoms with Gasteiger partial charge in [-0.15, -0.1) is 0 Å². The fourth-order valence-corrected chi connectivity index (χ4v) is 6.13. The minimum absolute atomic E-state index is 0.0380. The molecule has 1 saturated carbocycles. The number of pyridine rings is 1.